The van der Waals surface area contributed by atoms with Crippen LogP contribution in [-0.2, 0) is 16.1 Å². The zero-order valence-corrected chi connectivity index (χ0v) is 17.2. The van der Waals surface area contributed by atoms with E-state index in [1.807, 2.05) is 37.3 Å². The largest absolute Gasteiger partial charge is 0.474 e. The highest BCUT2D eigenvalue weighted by Gasteiger charge is 2.15. The van der Waals surface area contributed by atoms with Gasteiger partial charge in [0, 0.05) is 32.7 Å². The summed E-state index contributed by atoms with van der Waals surface area (Å²) in [5.74, 6) is 1.55. The van der Waals surface area contributed by atoms with Crippen molar-refractivity contribution in [1.82, 2.24) is 19.7 Å². The van der Waals surface area contributed by atoms with E-state index in [2.05, 4.69) is 25.2 Å². The van der Waals surface area contributed by atoms with E-state index in [9.17, 15) is 9.59 Å². The fourth-order valence-corrected chi connectivity index (χ4v) is 2.27. The smallest absolute Gasteiger partial charge is 0.281 e. The predicted molar refractivity (Wildman–Crippen MR) is 111 cm³/mol. The second-order valence-corrected chi connectivity index (χ2v) is 5.90. The molecule has 10 nitrogen and oxygen atoms in total. The number of carbonyl (C=O) groups is 1. The third-order valence-electron chi connectivity index (χ3n) is 3.77. The summed E-state index contributed by atoms with van der Waals surface area (Å²) in [5, 5.41) is 6.69. The summed E-state index contributed by atoms with van der Waals surface area (Å²) in [6.45, 7) is 5.65. The number of anilines is 1. The molecular formula is C20H25N5O5. The lowest BCUT2D eigenvalue weighted by Crippen LogP contribution is -2.30. The molecular weight excluding hydrogens is 390 g/mol. The van der Waals surface area contributed by atoms with Gasteiger partial charge in [-0.1, -0.05) is 35.5 Å². The Hall–Kier alpha value is -3.53. The first kappa shape index (κ1) is 22.8. The minimum Gasteiger partial charge on any atom is -0.474 e. The van der Waals surface area contributed by atoms with E-state index < -0.39 is 0 Å². The van der Waals surface area contributed by atoms with E-state index in [0.717, 1.165) is 12.2 Å². The molecule has 0 amide bonds. The molecule has 160 valence electrons. The van der Waals surface area contributed by atoms with Gasteiger partial charge in [-0.15, -0.1) is 0 Å². The van der Waals surface area contributed by atoms with Gasteiger partial charge in [0.2, 0.25) is 17.6 Å². The van der Waals surface area contributed by atoms with E-state index >= 15 is 0 Å². The molecule has 1 N–H and O–H groups in total. The van der Waals surface area contributed by atoms with Crippen molar-refractivity contribution < 1.29 is 18.8 Å². The molecule has 0 spiro atoms. The van der Waals surface area contributed by atoms with Crippen molar-refractivity contribution in [2.45, 2.75) is 20.4 Å². The van der Waals surface area contributed by atoms with E-state index in [4.69, 9.17) is 9.26 Å². The number of ether oxygens (including phenoxy) is 2. The topological polar surface area (TPSA) is 121 Å². The third-order valence-corrected chi connectivity index (χ3v) is 3.77. The molecule has 3 heterocycles. The van der Waals surface area contributed by atoms with Gasteiger partial charge in [-0.2, -0.15) is 4.98 Å². The molecule has 0 atom stereocenters. The van der Waals surface area contributed by atoms with E-state index in [0.29, 0.717) is 42.7 Å². The van der Waals surface area contributed by atoms with Crippen molar-refractivity contribution in [2.24, 2.45) is 0 Å². The van der Waals surface area contributed by atoms with Crippen LogP contribution in [0.3, 0.4) is 0 Å². The molecule has 0 saturated carbocycles. The molecule has 0 aliphatic carbocycles. The number of benzene rings is 1. The molecule has 1 aliphatic heterocycles. The van der Waals surface area contributed by atoms with Gasteiger partial charge in [0.25, 0.3) is 5.56 Å². The first-order valence-corrected chi connectivity index (χ1v) is 9.35. The molecule has 1 aromatic carbocycles. The highest BCUT2D eigenvalue weighted by molar-refractivity contribution is 5.54. The van der Waals surface area contributed by atoms with Crippen LogP contribution in [0, 0.1) is 6.92 Å². The Morgan fingerprint density at radius 1 is 1.30 bits per heavy atom. The van der Waals surface area contributed by atoms with Crippen LogP contribution in [0.2, 0.25) is 0 Å². The number of aldehydes is 1. The fraction of sp³-hybridized carbons (Fsp3) is 0.350. The Labute approximate surface area is 173 Å². The average molecular weight is 415 g/mol. The summed E-state index contributed by atoms with van der Waals surface area (Å²) in [7, 11) is 1.68. The first-order valence-electron chi connectivity index (χ1n) is 9.35. The zero-order valence-electron chi connectivity index (χ0n) is 17.2. The number of hydrogen-bond acceptors (Lipinski definition) is 9. The van der Waals surface area contributed by atoms with Gasteiger partial charge in [-0.05, 0) is 6.92 Å². The highest BCUT2D eigenvalue weighted by atomic mass is 16.5. The summed E-state index contributed by atoms with van der Waals surface area (Å²) in [5.41, 5.74) is 1.04. The standard InChI is InChI=1S/C9H8N2O.C8H9N3O3.C3H8O/c1-7-10-9(11-12-7)8-5-3-2-4-6-8;12-3-2-11-5-10-7-6(8(11)13)9-1-4-14-7;1-3-4-2/h2-6H,1H3;3,5,9H,1-2,4H2;3H2,1-2H3. The van der Waals surface area contributed by atoms with Crippen LogP contribution in [0.1, 0.15) is 12.8 Å². The van der Waals surface area contributed by atoms with Gasteiger partial charge in [-0.25, -0.2) is 4.98 Å². The second-order valence-electron chi connectivity index (χ2n) is 5.90. The molecule has 1 aliphatic rings. The van der Waals surface area contributed by atoms with Crippen LogP contribution in [0.5, 0.6) is 5.88 Å². The lowest BCUT2D eigenvalue weighted by Gasteiger charge is -2.17. The van der Waals surface area contributed by atoms with Gasteiger partial charge in [0.05, 0.1) is 6.54 Å². The lowest BCUT2D eigenvalue weighted by atomic mass is 10.2. The Balaban J connectivity index is 0.000000183. The molecule has 0 fully saturated rings. The quantitative estimate of drug-likeness (QED) is 0.637. The van der Waals surface area contributed by atoms with E-state index in [-0.39, 0.29) is 12.1 Å². The van der Waals surface area contributed by atoms with Crippen molar-refractivity contribution in [1.29, 1.82) is 0 Å². The molecule has 3 aromatic rings. The van der Waals surface area contributed by atoms with Crippen LogP contribution in [0.15, 0.2) is 46.0 Å². The minimum absolute atomic E-state index is 0.0147. The number of rotatable bonds is 4. The zero-order chi connectivity index (χ0) is 21.8. The molecule has 0 radical (unpaired) electrons. The van der Waals surface area contributed by atoms with Gasteiger partial charge >= 0.3 is 0 Å². The monoisotopic (exact) mass is 415 g/mol. The molecule has 10 heteroatoms. The fourth-order valence-electron chi connectivity index (χ4n) is 2.27. The maximum absolute atomic E-state index is 11.6. The summed E-state index contributed by atoms with van der Waals surface area (Å²) in [6.07, 6.45) is 1.96. The maximum atomic E-state index is 11.6. The Morgan fingerprint density at radius 2 is 2.03 bits per heavy atom. The SMILES string of the molecule is CCOC.Cc1nc(-c2ccccc2)no1.O=CCn1cnc2c(c1=O)NCCO2. The van der Waals surface area contributed by atoms with Crippen LogP contribution in [-0.4, -0.2) is 52.8 Å². The second kappa shape index (κ2) is 12.1. The van der Waals surface area contributed by atoms with Crippen molar-refractivity contribution in [3.63, 3.8) is 0 Å². The number of aromatic nitrogens is 4. The Morgan fingerprint density at radius 3 is 2.63 bits per heavy atom. The number of carbonyl (C=O) groups excluding carboxylic acids is 1. The molecule has 0 unspecified atom stereocenters. The molecule has 0 bridgehead atoms. The van der Waals surface area contributed by atoms with Gasteiger partial charge < -0.3 is 24.1 Å². The third kappa shape index (κ3) is 6.52. The van der Waals surface area contributed by atoms with Crippen LogP contribution >= 0.6 is 0 Å². The van der Waals surface area contributed by atoms with Crippen LogP contribution < -0.4 is 15.6 Å². The number of fused-ring (bicyclic) bond motifs is 1. The normalized spacial score (nSPS) is 11.4. The molecule has 0 saturated heterocycles. The summed E-state index contributed by atoms with van der Waals surface area (Å²) in [4.78, 5) is 29.9. The Kier molecular flexibility index (Phi) is 9.19. The molecule has 30 heavy (non-hydrogen) atoms. The van der Waals surface area contributed by atoms with E-state index in [1.165, 1.54) is 10.9 Å². The van der Waals surface area contributed by atoms with Crippen molar-refractivity contribution in [2.75, 3.05) is 32.2 Å². The Bertz CT molecular complexity index is 969. The summed E-state index contributed by atoms with van der Waals surface area (Å²) in [6, 6.07) is 9.74. The van der Waals surface area contributed by atoms with Gasteiger partial charge in [0.15, 0.2) is 5.69 Å². The minimum atomic E-state index is -0.276. The predicted octanol–water partition coefficient (Wildman–Crippen LogP) is 1.94. The van der Waals surface area contributed by atoms with Gasteiger partial charge in [0.1, 0.15) is 19.2 Å². The number of hydrogen-bond donors (Lipinski definition) is 1. The first-order chi connectivity index (χ1) is 14.6. The number of nitrogens with one attached hydrogen (secondary N) is 1. The molecule has 4 rings (SSSR count). The highest BCUT2D eigenvalue weighted by Crippen LogP contribution is 2.18. The number of nitrogens with zero attached hydrogens (tertiary/aromatic N) is 4. The van der Waals surface area contributed by atoms with Crippen molar-refractivity contribution in [3.05, 3.63) is 52.9 Å². The van der Waals surface area contributed by atoms with E-state index in [1.54, 1.807) is 14.0 Å². The summed E-state index contributed by atoms with van der Waals surface area (Å²) >= 11 is 0. The maximum Gasteiger partial charge on any atom is 0.281 e. The molecule has 2 aromatic heterocycles. The van der Waals surface area contributed by atoms with Crippen LogP contribution in [0.25, 0.3) is 11.4 Å². The number of methoxy groups -OCH3 is 1. The number of aryl methyl sites for hydroxylation is 1. The lowest BCUT2D eigenvalue weighted by molar-refractivity contribution is -0.108. The average Bonchev–Trinajstić information content (AvgIpc) is 3.23. The van der Waals surface area contributed by atoms with Crippen LogP contribution in [0.4, 0.5) is 5.69 Å². The van der Waals surface area contributed by atoms with Gasteiger partial charge in [-0.3, -0.25) is 9.36 Å². The van der Waals surface area contributed by atoms with Crippen molar-refractivity contribution in [3.8, 4) is 17.3 Å². The summed E-state index contributed by atoms with van der Waals surface area (Å²) < 4.78 is 15.8. The van der Waals surface area contributed by atoms with Crippen molar-refractivity contribution >= 4 is 12.0 Å².